The van der Waals surface area contributed by atoms with E-state index in [0.29, 0.717) is 32.6 Å². The molecule has 140 valence electrons. The van der Waals surface area contributed by atoms with E-state index in [4.69, 9.17) is 14.3 Å². The molecule has 0 aliphatic carbocycles. The largest absolute Gasteiger partial charge is 0.388 e. The van der Waals surface area contributed by atoms with Crippen molar-refractivity contribution in [2.45, 2.75) is 31.9 Å². The maximum Gasteiger partial charge on any atom is 0.194 e. The van der Waals surface area contributed by atoms with E-state index in [2.05, 4.69) is 27.2 Å². The molecule has 0 radical (unpaired) electrons. The number of hydrogen-bond acceptors (Lipinski definition) is 6. The summed E-state index contributed by atoms with van der Waals surface area (Å²) in [4.78, 5) is 9.35. The standard InChI is InChI=1S/C17H29N5O3/c1-2-18-16(19-14-17(23)4-11-24-12-5-17)22-8-6-21(7-9-22)13-15-3-10-25-20-15/h3,10,23H,2,4-9,11-14H2,1H3,(H,18,19). The van der Waals surface area contributed by atoms with Gasteiger partial charge in [-0.1, -0.05) is 5.16 Å². The summed E-state index contributed by atoms with van der Waals surface area (Å²) in [5, 5.41) is 18.0. The molecule has 2 N–H and O–H groups in total. The van der Waals surface area contributed by atoms with E-state index in [1.165, 1.54) is 0 Å². The van der Waals surface area contributed by atoms with Crippen molar-refractivity contribution >= 4 is 5.96 Å². The average molecular weight is 351 g/mol. The number of hydrogen-bond donors (Lipinski definition) is 2. The van der Waals surface area contributed by atoms with Gasteiger partial charge in [0.25, 0.3) is 0 Å². The summed E-state index contributed by atoms with van der Waals surface area (Å²) in [6.45, 7) is 9.09. The van der Waals surface area contributed by atoms with Crippen LogP contribution in [-0.4, -0.2) is 84.1 Å². The van der Waals surface area contributed by atoms with E-state index in [9.17, 15) is 5.11 Å². The van der Waals surface area contributed by atoms with Crippen LogP contribution in [0.2, 0.25) is 0 Å². The van der Waals surface area contributed by atoms with Gasteiger partial charge in [-0.15, -0.1) is 0 Å². The lowest BCUT2D eigenvalue weighted by Gasteiger charge is -2.37. The molecule has 0 saturated carbocycles. The lowest BCUT2D eigenvalue weighted by atomic mass is 9.95. The molecule has 0 spiro atoms. The topological polar surface area (TPSA) is 86.4 Å². The Morgan fingerprint density at radius 1 is 1.32 bits per heavy atom. The maximum absolute atomic E-state index is 10.6. The summed E-state index contributed by atoms with van der Waals surface area (Å²) >= 11 is 0. The normalized spacial score (nSPS) is 22.2. The molecule has 2 fully saturated rings. The summed E-state index contributed by atoms with van der Waals surface area (Å²) in [5.74, 6) is 0.892. The van der Waals surface area contributed by atoms with Crippen LogP contribution >= 0.6 is 0 Å². The van der Waals surface area contributed by atoms with Gasteiger partial charge in [-0.25, -0.2) is 0 Å². The average Bonchev–Trinajstić information content (AvgIpc) is 3.13. The molecule has 1 aromatic rings. The molecule has 1 aromatic heterocycles. The minimum absolute atomic E-state index is 0.428. The number of aromatic nitrogens is 1. The number of aliphatic hydroxyl groups is 1. The third-order valence-electron chi connectivity index (χ3n) is 4.83. The predicted molar refractivity (Wildman–Crippen MR) is 94.3 cm³/mol. The summed E-state index contributed by atoms with van der Waals surface area (Å²) in [6.07, 6.45) is 2.92. The quantitative estimate of drug-likeness (QED) is 0.583. The number of nitrogens with one attached hydrogen (secondary N) is 1. The van der Waals surface area contributed by atoms with Crippen LogP contribution in [0.5, 0.6) is 0 Å². The third kappa shape index (κ3) is 5.17. The zero-order valence-corrected chi connectivity index (χ0v) is 15.0. The molecule has 3 heterocycles. The van der Waals surface area contributed by atoms with E-state index in [-0.39, 0.29) is 0 Å². The van der Waals surface area contributed by atoms with E-state index in [1.54, 1.807) is 6.26 Å². The van der Waals surface area contributed by atoms with Crippen molar-refractivity contribution in [1.29, 1.82) is 0 Å². The second-order valence-electron chi connectivity index (χ2n) is 6.76. The highest BCUT2D eigenvalue weighted by atomic mass is 16.5. The molecular weight excluding hydrogens is 322 g/mol. The highest BCUT2D eigenvalue weighted by molar-refractivity contribution is 5.80. The first kappa shape index (κ1) is 18.2. The lowest BCUT2D eigenvalue weighted by molar-refractivity contribution is -0.0567. The Balaban J connectivity index is 1.53. The zero-order valence-electron chi connectivity index (χ0n) is 15.0. The molecule has 0 unspecified atom stereocenters. The smallest absolute Gasteiger partial charge is 0.194 e. The zero-order chi connectivity index (χ0) is 17.5. The summed E-state index contributed by atoms with van der Waals surface area (Å²) in [7, 11) is 0. The fraction of sp³-hybridized carbons (Fsp3) is 0.765. The van der Waals surface area contributed by atoms with E-state index in [0.717, 1.165) is 50.9 Å². The van der Waals surface area contributed by atoms with Gasteiger partial charge in [0, 0.05) is 71.4 Å². The van der Waals surface area contributed by atoms with Gasteiger partial charge in [0.15, 0.2) is 5.96 Å². The number of aliphatic imine (C=N–C) groups is 1. The molecule has 3 rings (SSSR count). The fourth-order valence-corrected chi connectivity index (χ4v) is 3.22. The van der Waals surface area contributed by atoms with Crippen molar-refractivity contribution < 1.29 is 14.4 Å². The van der Waals surface area contributed by atoms with Crippen LogP contribution in [0.1, 0.15) is 25.5 Å². The molecule has 25 heavy (non-hydrogen) atoms. The molecular formula is C17H29N5O3. The van der Waals surface area contributed by atoms with Crippen molar-refractivity contribution in [3.8, 4) is 0 Å². The second kappa shape index (κ2) is 8.64. The van der Waals surface area contributed by atoms with Crippen molar-refractivity contribution in [2.24, 2.45) is 4.99 Å². The van der Waals surface area contributed by atoms with Crippen LogP contribution < -0.4 is 5.32 Å². The maximum atomic E-state index is 10.6. The molecule has 0 aromatic carbocycles. The van der Waals surface area contributed by atoms with Crippen molar-refractivity contribution in [3.05, 3.63) is 18.0 Å². The molecule has 2 aliphatic heterocycles. The Hall–Kier alpha value is -1.64. The Labute approximate surface area is 148 Å². The number of piperazine rings is 1. The molecule has 8 nitrogen and oxygen atoms in total. The lowest BCUT2D eigenvalue weighted by Crippen LogP contribution is -2.52. The van der Waals surface area contributed by atoms with Gasteiger partial charge in [0.2, 0.25) is 0 Å². The number of ether oxygens (including phenoxy) is 1. The Kier molecular flexibility index (Phi) is 6.28. The first-order chi connectivity index (χ1) is 12.2. The third-order valence-corrected chi connectivity index (χ3v) is 4.83. The molecule has 0 amide bonds. The number of nitrogens with zero attached hydrogens (tertiary/aromatic N) is 4. The highest BCUT2D eigenvalue weighted by Crippen LogP contribution is 2.20. The summed E-state index contributed by atoms with van der Waals surface area (Å²) in [6, 6.07) is 1.91. The van der Waals surface area contributed by atoms with Crippen LogP contribution in [0.4, 0.5) is 0 Å². The Bertz CT molecular complexity index is 534. The number of guanidine groups is 1. The van der Waals surface area contributed by atoms with Crippen LogP contribution in [0.25, 0.3) is 0 Å². The van der Waals surface area contributed by atoms with Gasteiger partial charge in [-0.2, -0.15) is 0 Å². The van der Waals surface area contributed by atoms with Gasteiger partial charge in [0.05, 0.1) is 17.8 Å². The van der Waals surface area contributed by atoms with Crippen molar-refractivity contribution in [3.63, 3.8) is 0 Å². The predicted octanol–water partition coefficient (Wildman–Crippen LogP) is 0.299. The molecule has 8 heteroatoms. The van der Waals surface area contributed by atoms with Crippen molar-refractivity contribution in [2.75, 3.05) is 52.5 Å². The van der Waals surface area contributed by atoms with Crippen LogP contribution in [0.3, 0.4) is 0 Å². The van der Waals surface area contributed by atoms with Gasteiger partial charge >= 0.3 is 0 Å². The summed E-state index contributed by atoms with van der Waals surface area (Å²) < 4.78 is 10.2. The SMILES string of the molecule is CCNC(=NCC1(O)CCOCC1)N1CCN(Cc2ccon2)CC1. The Morgan fingerprint density at radius 3 is 2.72 bits per heavy atom. The second-order valence-corrected chi connectivity index (χ2v) is 6.76. The minimum atomic E-state index is -0.728. The van der Waals surface area contributed by atoms with Crippen LogP contribution in [0.15, 0.2) is 21.8 Å². The van der Waals surface area contributed by atoms with Crippen LogP contribution in [-0.2, 0) is 11.3 Å². The molecule has 2 aliphatic rings. The van der Waals surface area contributed by atoms with E-state index >= 15 is 0 Å². The molecule has 0 atom stereocenters. The number of rotatable bonds is 5. The molecule has 2 saturated heterocycles. The monoisotopic (exact) mass is 351 g/mol. The fourth-order valence-electron chi connectivity index (χ4n) is 3.22. The summed E-state index contributed by atoms with van der Waals surface area (Å²) in [5.41, 5.74) is 0.240. The van der Waals surface area contributed by atoms with Gasteiger partial charge < -0.3 is 24.6 Å². The van der Waals surface area contributed by atoms with E-state index < -0.39 is 5.60 Å². The van der Waals surface area contributed by atoms with E-state index in [1.807, 2.05) is 6.07 Å². The first-order valence-electron chi connectivity index (χ1n) is 9.13. The van der Waals surface area contributed by atoms with Gasteiger partial charge in [-0.05, 0) is 6.92 Å². The Morgan fingerprint density at radius 2 is 2.08 bits per heavy atom. The van der Waals surface area contributed by atoms with Crippen molar-refractivity contribution in [1.82, 2.24) is 20.3 Å². The minimum Gasteiger partial charge on any atom is -0.388 e. The van der Waals surface area contributed by atoms with Gasteiger partial charge in [-0.3, -0.25) is 9.89 Å². The van der Waals surface area contributed by atoms with Gasteiger partial charge in [0.1, 0.15) is 6.26 Å². The van der Waals surface area contributed by atoms with Crippen LogP contribution in [0, 0.1) is 0 Å². The first-order valence-corrected chi connectivity index (χ1v) is 9.13. The molecule has 0 bridgehead atoms. The highest BCUT2D eigenvalue weighted by Gasteiger charge is 2.30.